The van der Waals surface area contributed by atoms with Crippen LogP contribution in [0.15, 0.2) is 59.7 Å². The fourth-order valence-electron chi connectivity index (χ4n) is 6.70. The van der Waals surface area contributed by atoms with Gasteiger partial charge in [-0.2, -0.15) is 10.4 Å². The van der Waals surface area contributed by atoms with Crippen LogP contribution in [0.25, 0.3) is 22.0 Å². The van der Waals surface area contributed by atoms with Gasteiger partial charge in [0.25, 0.3) is 5.56 Å². The third kappa shape index (κ3) is 5.45. The Hall–Kier alpha value is -5.90. The molecule has 0 spiro atoms. The van der Waals surface area contributed by atoms with Gasteiger partial charge in [-0.1, -0.05) is 0 Å². The molecule has 3 aromatic heterocycles. The van der Waals surface area contributed by atoms with E-state index in [4.69, 9.17) is 9.84 Å². The number of hydrogen-bond donors (Lipinski definition) is 1. The minimum atomic E-state index is -1.11. The molecule has 13 nitrogen and oxygen atoms in total. The van der Waals surface area contributed by atoms with Crippen molar-refractivity contribution < 1.29 is 14.6 Å². The van der Waals surface area contributed by atoms with Crippen LogP contribution in [0.1, 0.15) is 34.5 Å². The third-order valence-electron chi connectivity index (χ3n) is 9.32. The molecular weight excluding hydrogens is 610 g/mol. The number of benzene rings is 2. The summed E-state index contributed by atoms with van der Waals surface area (Å²) in [5.74, 6) is 0.186. The molecule has 2 aliphatic rings. The predicted octanol–water partition coefficient (Wildman–Crippen LogP) is 4.24. The van der Waals surface area contributed by atoms with E-state index in [0.29, 0.717) is 42.3 Å². The maximum Gasteiger partial charge on any atom is 0.356 e. The average Bonchev–Trinajstić information content (AvgIpc) is 3.53. The average molecular weight is 646 g/mol. The lowest BCUT2D eigenvalue weighted by Crippen LogP contribution is -2.39. The van der Waals surface area contributed by atoms with E-state index in [0.717, 1.165) is 58.5 Å². The van der Waals surface area contributed by atoms with Crippen molar-refractivity contribution in [1.29, 1.82) is 5.26 Å². The van der Waals surface area contributed by atoms with Crippen molar-refractivity contribution in [2.75, 3.05) is 47.9 Å². The van der Waals surface area contributed by atoms with E-state index < -0.39 is 5.97 Å². The van der Waals surface area contributed by atoms with E-state index in [9.17, 15) is 14.9 Å². The minimum Gasteiger partial charge on any atom is -0.490 e. The second kappa shape index (κ2) is 12.0. The number of nitriles is 1. The number of piperidine rings is 1. The van der Waals surface area contributed by atoms with Gasteiger partial charge in [-0.05, 0) is 37.3 Å². The van der Waals surface area contributed by atoms with E-state index in [1.54, 1.807) is 28.6 Å². The number of pyridine rings is 1. The van der Waals surface area contributed by atoms with Crippen molar-refractivity contribution >= 4 is 39.8 Å². The quantitative estimate of drug-likeness (QED) is 0.283. The molecule has 244 valence electrons. The highest BCUT2D eigenvalue weighted by Crippen LogP contribution is 2.44. The Morgan fingerprint density at radius 2 is 1.77 bits per heavy atom. The molecule has 0 aliphatic carbocycles. The SMILES string of the molecule is Cc1cc2c(N3CCN(C)c4cc(-c5cnn(C)c5)c(C#N)cc43)cc(OC3CCN(c4ccc(C(=O)O)nn4)CC3)cc2n(C)c1=O. The third-order valence-corrected chi connectivity index (χ3v) is 9.32. The summed E-state index contributed by atoms with van der Waals surface area (Å²) in [4.78, 5) is 30.8. The maximum atomic E-state index is 13.1. The van der Waals surface area contributed by atoms with Crippen LogP contribution in [0, 0.1) is 18.3 Å². The number of aryl methyl sites for hydroxylation is 3. The maximum absolute atomic E-state index is 13.1. The highest BCUT2D eigenvalue weighted by atomic mass is 16.5. The first kappa shape index (κ1) is 30.7. The number of likely N-dealkylation sites (N-methyl/N-ethyl adjacent to an activating group) is 1. The first-order valence-corrected chi connectivity index (χ1v) is 15.8. The van der Waals surface area contributed by atoms with Crippen LogP contribution >= 0.6 is 0 Å². The number of aromatic carboxylic acids is 1. The zero-order chi connectivity index (χ0) is 33.7. The fraction of sp³-hybridized carbons (Fsp3) is 0.314. The number of rotatable bonds is 6. The first-order valence-electron chi connectivity index (χ1n) is 15.8. The van der Waals surface area contributed by atoms with Crippen molar-refractivity contribution in [2.45, 2.75) is 25.9 Å². The number of ether oxygens (including phenoxy) is 1. The van der Waals surface area contributed by atoms with Gasteiger partial charge in [0.05, 0.1) is 40.4 Å². The summed E-state index contributed by atoms with van der Waals surface area (Å²) in [5.41, 5.74) is 6.31. The molecule has 0 atom stereocenters. The minimum absolute atomic E-state index is 0.0689. The van der Waals surface area contributed by atoms with Crippen molar-refractivity contribution in [3.8, 4) is 22.9 Å². The van der Waals surface area contributed by atoms with Crippen LogP contribution in [0.3, 0.4) is 0 Å². The molecule has 0 saturated carbocycles. The zero-order valence-corrected chi connectivity index (χ0v) is 27.2. The highest BCUT2D eigenvalue weighted by molar-refractivity contribution is 5.98. The number of aromatic nitrogens is 5. The molecule has 5 aromatic rings. The van der Waals surface area contributed by atoms with Gasteiger partial charge in [0.2, 0.25) is 0 Å². The molecule has 13 heteroatoms. The Morgan fingerprint density at radius 1 is 0.979 bits per heavy atom. The highest BCUT2D eigenvalue weighted by Gasteiger charge is 2.28. The standard InChI is InChI=1S/C35H35N9O4/c1-21-13-27-29(42(4)34(21)45)15-25(48-24-7-9-43(10-8-24)33-6-5-28(35(46)47)38-39-33)16-30(27)44-12-11-40(2)31-17-26(22(18-36)14-32(31)44)23-19-37-41(3)20-23/h5-6,13-17,19-20,24H,7-12H2,1-4H3,(H,46,47). The van der Waals surface area contributed by atoms with Crippen molar-refractivity contribution in [2.24, 2.45) is 14.1 Å². The molecule has 48 heavy (non-hydrogen) atoms. The molecule has 5 heterocycles. The number of carboxylic acid groups (broad SMARTS) is 1. The number of fused-ring (bicyclic) bond motifs is 2. The van der Waals surface area contributed by atoms with Gasteiger partial charge < -0.3 is 29.1 Å². The van der Waals surface area contributed by atoms with Crippen LogP contribution in [-0.4, -0.2) is 75.0 Å². The van der Waals surface area contributed by atoms with E-state index >= 15 is 0 Å². The predicted molar refractivity (Wildman–Crippen MR) is 182 cm³/mol. The van der Waals surface area contributed by atoms with Gasteiger partial charge in [-0.3, -0.25) is 9.48 Å². The summed E-state index contributed by atoms with van der Waals surface area (Å²) in [6, 6.07) is 15.5. The second-order valence-electron chi connectivity index (χ2n) is 12.4. The molecule has 0 radical (unpaired) electrons. The van der Waals surface area contributed by atoms with Crippen LogP contribution in [0.5, 0.6) is 5.75 Å². The molecule has 0 bridgehead atoms. The molecule has 7 rings (SSSR count). The lowest BCUT2D eigenvalue weighted by molar-refractivity contribution is 0.0689. The molecule has 2 aromatic carbocycles. The normalized spacial score (nSPS) is 15.0. The Labute approximate surface area is 276 Å². The van der Waals surface area contributed by atoms with Gasteiger partial charge in [0, 0.05) is 101 Å². The fourth-order valence-corrected chi connectivity index (χ4v) is 6.70. The van der Waals surface area contributed by atoms with E-state index in [1.807, 2.05) is 44.4 Å². The Morgan fingerprint density at radius 3 is 2.44 bits per heavy atom. The van der Waals surface area contributed by atoms with Crippen LogP contribution < -0.4 is 25.0 Å². The summed E-state index contributed by atoms with van der Waals surface area (Å²) in [6.45, 7) is 4.59. The summed E-state index contributed by atoms with van der Waals surface area (Å²) >= 11 is 0. The molecule has 0 unspecified atom stereocenters. The zero-order valence-electron chi connectivity index (χ0n) is 27.2. The van der Waals surface area contributed by atoms with Gasteiger partial charge in [0.1, 0.15) is 11.9 Å². The van der Waals surface area contributed by atoms with Crippen molar-refractivity contribution in [3.05, 3.63) is 82.0 Å². The van der Waals surface area contributed by atoms with Gasteiger partial charge in [0.15, 0.2) is 11.5 Å². The summed E-state index contributed by atoms with van der Waals surface area (Å²) in [7, 11) is 5.70. The lowest BCUT2D eigenvalue weighted by atomic mass is 9.98. The van der Waals surface area contributed by atoms with Crippen molar-refractivity contribution in [1.82, 2.24) is 24.5 Å². The Bertz CT molecular complexity index is 2160. The Kier molecular flexibility index (Phi) is 7.71. The topological polar surface area (TPSA) is 146 Å². The van der Waals surface area contributed by atoms with E-state index in [-0.39, 0.29) is 17.4 Å². The van der Waals surface area contributed by atoms with Crippen LogP contribution in [0.4, 0.5) is 22.9 Å². The monoisotopic (exact) mass is 645 g/mol. The largest absolute Gasteiger partial charge is 0.490 e. The first-order chi connectivity index (χ1) is 23.1. The molecule has 2 aliphatic heterocycles. The van der Waals surface area contributed by atoms with Gasteiger partial charge in [-0.15, -0.1) is 10.2 Å². The van der Waals surface area contributed by atoms with Gasteiger partial charge >= 0.3 is 5.97 Å². The van der Waals surface area contributed by atoms with Crippen molar-refractivity contribution in [3.63, 3.8) is 0 Å². The number of nitrogens with zero attached hydrogens (tertiary/aromatic N) is 9. The summed E-state index contributed by atoms with van der Waals surface area (Å²) < 4.78 is 10.0. The molecule has 0 amide bonds. The smallest absolute Gasteiger partial charge is 0.356 e. The summed E-state index contributed by atoms with van der Waals surface area (Å²) in [6.07, 6.45) is 5.05. The Balaban J connectivity index is 1.25. The van der Waals surface area contributed by atoms with E-state index in [2.05, 4.69) is 49.2 Å². The van der Waals surface area contributed by atoms with E-state index in [1.165, 1.54) is 6.07 Å². The van der Waals surface area contributed by atoms with Gasteiger partial charge in [-0.25, -0.2) is 4.79 Å². The molecular formula is C35H35N9O4. The molecule has 1 N–H and O–H groups in total. The van der Waals surface area contributed by atoms with Crippen LogP contribution in [-0.2, 0) is 14.1 Å². The number of carboxylic acids is 1. The van der Waals surface area contributed by atoms with Crippen LogP contribution in [0.2, 0.25) is 0 Å². The number of hydrogen-bond acceptors (Lipinski definition) is 10. The summed E-state index contributed by atoms with van der Waals surface area (Å²) in [5, 5.41) is 32.5. The molecule has 1 fully saturated rings. The number of anilines is 4. The number of carbonyl (C=O) groups is 1. The molecule has 1 saturated heterocycles. The lowest BCUT2D eigenvalue weighted by Gasteiger charge is -2.38. The second-order valence-corrected chi connectivity index (χ2v) is 12.4.